The van der Waals surface area contributed by atoms with E-state index in [4.69, 9.17) is 0 Å². The highest BCUT2D eigenvalue weighted by Crippen LogP contribution is 2.30. The van der Waals surface area contributed by atoms with Gasteiger partial charge in [0.2, 0.25) is 5.91 Å². The first-order valence-corrected chi connectivity index (χ1v) is 11.6. The molecule has 0 spiro atoms. The van der Waals surface area contributed by atoms with Gasteiger partial charge in [0.05, 0.1) is 34.6 Å². The lowest BCUT2D eigenvalue weighted by molar-refractivity contribution is -0.116. The molecule has 0 aliphatic carbocycles. The third kappa shape index (κ3) is 3.91. The molecule has 1 atom stereocenters. The van der Waals surface area contributed by atoms with Crippen molar-refractivity contribution < 1.29 is 18.0 Å². The molecular formula is C20H24N4O4S. The van der Waals surface area contributed by atoms with Crippen LogP contribution in [0, 0.1) is 13.8 Å². The summed E-state index contributed by atoms with van der Waals surface area (Å²) in [6, 6.07) is 5.08. The highest BCUT2D eigenvalue weighted by molar-refractivity contribution is 7.91. The lowest BCUT2D eigenvalue weighted by Gasteiger charge is -2.12. The van der Waals surface area contributed by atoms with Crippen LogP contribution in [0.5, 0.6) is 0 Å². The number of fused-ring (bicyclic) bond motifs is 1. The van der Waals surface area contributed by atoms with E-state index in [1.807, 2.05) is 13.0 Å². The average Bonchev–Trinajstić information content (AvgIpc) is 3.07. The van der Waals surface area contributed by atoms with Gasteiger partial charge in [-0.05, 0) is 56.9 Å². The standard InChI is InChI=1S/C20H24N4O4S/c1-12-19(13(2)24(23-12)16-8-9-29(27,28)11-16)22-20(26)15-6-7-17-14(10-15)4-3-5-18(25)21-17/h6-7,10,16H,3-5,8-9,11H2,1-2H3,(H,21,25)(H,22,26). The summed E-state index contributed by atoms with van der Waals surface area (Å²) in [6.07, 6.45) is 2.50. The Balaban J connectivity index is 1.56. The number of aryl methyl sites for hydroxylation is 2. The van der Waals surface area contributed by atoms with Crippen molar-refractivity contribution in [2.75, 3.05) is 22.1 Å². The Hall–Kier alpha value is -2.68. The number of anilines is 2. The van der Waals surface area contributed by atoms with E-state index in [1.54, 1.807) is 23.7 Å². The smallest absolute Gasteiger partial charge is 0.255 e. The fourth-order valence-electron chi connectivity index (χ4n) is 4.07. The molecule has 1 aromatic heterocycles. The summed E-state index contributed by atoms with van der Waals surface area (Å²) in [6.45, 7) is 3.64. The van der Waals surface area contributed by atoms with Gasteiger partial charge in [0, 0.05) is 17.7 Å². The van der Waals surface area contributed by atoms with Crippen LogP contribution in [0.3, 0.4) is 0 Å². The van der Waals surface area contributed by atoms with Crippen LogP contribution in [-0.4, -0.2) is 41.5 Å². The molecule has 0 bridgehead atoms. The zero-order chi connectivity index (χ0) is 20.8. The van der Waals surface area contributed by atoms with Crippen molar-refractivity contribution in [3.8, 4) is 0 Å². The van der Waals surface area contributed by atoms with E-state index in [0.717, 1.165) is 29.8 Å². The molecule has 4 rings (SSSR count). The fraction of sp³-hybridized carbons (Fsp3) is 0.450. The van der Waals surface area contributed by atoms with Crippen LogP contribution in [-0.2, 0) is 21.1 Å². The molecule has 2 amide bonds. The van der Waals surface area contributed by atoms with E-state index < -0.39 is 9.84 Å². The number of nitrogens with zero attached hydrogens (tertiary/aromatic N) is 2. The maximum absolute atomic E-state index is 12.9. The van der Waals surface area contributed by atoms with Crippen molar-refractivity contribution >= 4 is 33.0 Å². The molecule has 1 saturated heterocycles. The monoisotopic (exact) mass is 416 g/mol. The predicted molar refractivity (Wildman–Crippen MR) is 110 cm³/mol. The molecule has 2 N–H and O–H groups in total. The Morgan fingerprint density at radius 2 is 2.07 bits per heavy atom. The molecule has 2 aliphatic rings. The molecule has 2 aliphatic heterocycles. The van der Waals surface area contributed by atoms with Gasteiger partial charge in [-0.1, -0.05) is 0 Å². The normalized spacial score (nSPS) is 20.6. The van der Waals surface area contributed by atoms with Crippen molar-refractivity contribution in [2.24, 2.45) is 0 Å². The van der Waals surface area contributed by atoms with Gasteiger partial charge in [-0.25, -0.2) is 8.42 Å². The number of amides is 2. The zero-order valence-corrected chi connectivity index (χ0v) is 17.3. The Bertz CT molecular complexity index is 1100. The molecule has 0 saturated carbocycles. The second-order valence-corrected chi connectivity index (χ2v) is 10.0. The molecular weight excluding hydrogens is 392 g/mol. The van der Waals surface area contributed by atoms with Gasteiger partial charge in [0.1, 0.15) is 0 Å². The summed E-state index contributed by atoms with van der Waals surface area (Å²) in [5, 5.41) is 10.3. The topological polar surface area (TPSA) is 110 Å². The molecule has 3 heterocycles. The van der Waals surface area contributed by atoms with E-state index in [0.29, 0.717) is 29.8 Å². The van der Waals surface area contributed by atoms with Crippen LogP contribution in [0.25, 0.3) is 0 Å². The third-order valence-electron chi connectivity index (χ3n) is 5.61. The summed E-state index contributed by atoms with van der Waals surface area (Å²) in [5.74, 6) is -0.0101. The number of benzene rings is 1. The Morgan fingerprint density at radius 3 is 2.79 bits per heavy atom. The number of carbonyl (C=O) groups excluding carboxylic acids is 2. The minimum atomic E-state index is -3.02. The maximum atomic E-state index is 12.9. The highest BCUT2D eigenvalue weighted by atomic mass is 32.2. The van der Waals surface area contributed by atoms with Crippen molar-refractivity contribution in [1.29, 1.82) is 0 Å². The number of aromatic nitrogens is 2. The number of hydrogen-bond acceptors (Lipinski definition) is 5. The van der Waals surface area contributed by atoms with Crippen molar-refractivity contribution in [1.82, 2.24) is 9.78 Å². The van der Waals surface area contributed by atoms with Crippen LogP contribution in [0.1, 0.15) is 52.6 Å². The van der Waals surface area contributed by atoms with Gasteiger partial charge in [-0.3, -0.25) is 14.3 Å². The summed E-state index contributed by atoms with van der Waals surface area (Å²) in [5.41, 5.74) is 4.23. The summed E-state index contributed by atoms with van der Waals surface area (Å²) >= 11 is 0. The molecule has 1 unspecified atom stereocenters. The van der Waals surface area contributed by atoms with Gasteiger partial charge in [0.15, 0.2) is 9.84 Å². The van der Waals surface area contributed by atoms with E-state index >= 15 is 0 Å². The van der Waals surface area contributed by atoms with E-state index in [1.165, 1.54) is 0 Å². The number of hydrogen-bond donors (Lipinski definition) is 2. The van der Waals surface area contributed by atoms with Crippen molar-refractivity contribution in [3.63, 3.8) is 0 Å². The number of carbonyl (C=O) groups is 2. The van der Waals surface area contributed by atoms with E-state index in [2.05, 4.69) is 15.7 Å². The van der Waals surface area contributed by atoms with Crippen molar-refractivity contribution in [2.45, 2.75) is 45.6 Å². The zero-order valence-electron chi connectivity index (χ0n) is 16.5. The average molecular weight is 417 g/mol. The van der Waals surface area contributed by atoms with Crippen LogP contribution < -0.4 is 10.6 Å². The largest absolute Gasteiger partial charge is 0.326 e. The van der Waals surface area contributed by atoms with Gasteiger partial charge >= 0.3 is 0 Å². The minimum absolute atomic E-state index is 0.00598. The molecule has 29 heavy (non-hydrogen) atoms. The Kier molecular flexibility index (Phi) is 4.94. The Labute approximate surface area is 169 Å². The third-order valence-corrected chi connectivity index (χ3v) is 7.36. The lowest BCUT2D eigenvalue weighted by atomic mass is 10.0. The second-order valence-electron chi connectivity index (χ2n) is 7.78. The van der Waals surface area contributed by atoms with Crippen molar-refractivity contribution in [3.05, 3.63) is 40.7 Å². The van der Waals surface area contributed by atoms with Gasteiger partial charge < -0.3 is 10.6 Å². The van der Waals surface area contributed by atoms with Crippen LogP contribution in [0.15, 0.2) is 18.2 Å². The first-order chi connectivity index (χ1) is 13.7. The Morgan fingerprint density at radius 1 is 1.28 bits per heavy atom. The van der Waals surface area contributed by atoms with Crippen LogP contribution >= 0.6 is 0 Å². The number of rotatable bonds is 3. The van der Waals surface area contributed by atoms with Gasteiger partial charge in [0.25, 0.3) is 5.91 Å². The first-order valence-electron chi connectivity index (χ1n) is 9.74. The maximum Gasteiger partial charge on any atom is 0.255 e. The first kappa shape index (κ1) is 19.6. The minimum Gasteiger partial charge on any atom is -0.326 e. The molecule has 2 aromatic rings. The summed E-state index contributed by atoms with van der Waals surface area (Å²) in [7, 11) is -3.02. The molecule has 9 heteroatoms. The number of sulfone groups is 1. The van der Waals surface area contributed by atoms with E-state index in [-0.39, 0.29) is 29.4 Å². The predicted octanol–water partition coefficient (Wildman–Crippen LogP) is 2.39. The number of nitrogens with one attached hydrogen (secondary N) is 2. The lowest BCUT2D eigenvalue weighted by Crippen LogP contribution is -2.16. The second kappa shape index (κ2) is 7.29. The SMILES string of the molecule is Cc1nn(C2CCS(=O)(=O)C2)c(C)c1NC(=O)c1ccc2c(c1)CCCC(=O)N2. The van der Waals surface area contributed by atoms with Gasteiger partial charge in [-0.2, -0.15) is 5.10 Å². The molecule has 1 fully saturated rings. The van der Waals surface area contributed by atoms with Crippen LogP contribution in [0.2, 0.25) is 0 Å². The molecule has 1 aromatic carbocycles. The van der Waals surface area contributed by atoms with E-state index in [9.17, 15) is 18.0 Å². The molecule has 154 valence electrons. The summed E-state index contributed by atoms with van der Waals surface area (Å²) < 4.78 is 25.3. The fourth-order valence-corrected chi connectivity index (χ4v) is 5.76. The highest BCUT2D eigenvalue weighted by Gasteiger charge is 2.31. The molecule has 8 nitrogen and oxygen atoms in total. The van der Waals surface area contributed by atoms with Gasteiger partial charge in [-0.15, -0.1) is 0 Å². The van der Waals surface area contributed by atoms with Crippen LogP contribution in [0.4, 0.5) is 11.4 Å². The summed E-state index contributed by atoms with van der Waals surface area (Å²) in [4.78, 5) is 24.6. The quantitative estimate of drug-likeness (QED) is 0.798. The molecule has 0 radical (unpaired) electrons.